The van der Waals surface area contributed by atoms with Crippen LogP contribution in [0.1, 0.15) is 0 Å². The summed E-state index contributed by atoms with van der Waals surface area (Å²) in [7, 11) is 1.55. The van der Waals surface area contributed by atoms with Gasteiger partial charge in [-0.1, -0.05) is 0 Å². The van der Waals surface area contributed by atoms with Gasteiger partial charge in [0.1, 0.15) is 0 Å². The number of phenolic OH excluding ortho intramolecular Hbond substituents is 1. The van der Waals surface area contributed by atoms with E-state index in [4.69, 9.17) is 4.74 Å². The summed E-state index contributed by atoms with van der Waals surface area (Å²) in [5.41, 5.74) is 0.904. The number of benzene rings is 2. The summed E-state index contributed by atoms with van der Waals surface area (Å²) in [4.78, 5) is 12.2. The molecular formula is C16H12O3Se. The van der Waals surface area contributed by atoms with Crippen LogP contribution >= 0.6 is 0 Å². The second-order valence-corrected chi connectivity index (χ2v) is 6.63. The van der Waals surface area contributed by atoms with Gasteiger partial charge in [-0.25, -0.2) is 0 Å². The molecule has 0 saturated carbocycles. The molecule has 0 radical (unpaired) electrons. The molecule has 0 spiro atoms. The Morgan fingerprint density at radius 3 is 2.55 bits per heavy atom. The molecule has 0 aliphatic carbocycles. The van der Waals surface area contributed by atoms with Gasteiger partial charge in [-0.15, -0.1) is 0 Å². The van der Waals surface area contributed by atoms with E-state index in [2.05, 4.69) is 0 Å². The number of phenols is 1. The third-order valence-corrected chi connectivity index (χ3v) is 5.42. The molecule has 4 heteroatoms. The van der Waals surface area contributed by atoms with E-state index in [1.807, 2.05) is 36.4 Å². The molecule has 1 N–H and O–H groups in total. The van der Waals surface area contributed by atoms with E-state index in [1.54, 1.807) is 13.2 Å². The molecule has 100 valence electrons. The topological polar surface area (TPSA) is 46.5 Å². The van der Waals surface area contributed by atoms with Crippen LogP contribution in [0.15, 0.2) is 53.3 Å². The van der Waals surface area contributed by atoms with Crippen LogP contribution in [-0.2, 0) is 0 Å². The van der Waals surface area contributed by atoms with Crippen LogP contribution in [0.3, 0.4) is 0 Å². The van der Waals surface area contributed by atoms with E-state index >= 15 is 0 Å². The predicted octanol–water partition coefficient (Wildman–Crippen LogP) is 2.64. The molecule has 0 saturated heterocycles. The quantitative estimate of drug-likeness (QED) is 0.735. The number of fused-ring (bicyclic) bond motifs is 1. The van der Waals surface area contributed by atoms with Crippen molar-refractivity contribution in [3.05, 3.63) is 58.8 Å². The molecule has 0 unspecified atom stereocenters. The summed E-state index contributed by atoms with van der Waals surface area (Å²) in [5.74, 6) is 0.569. The Balaban J connectivity index is 2.31. The van der Waals surface area contributed by atoms with Gasteiger partial charge in [0.25, 0.3) is 0 Å². The van der Waals surface area contributed by atoms with Crippen molar-refractivity contribution >= 4 is 24.1 Å². The van der Waals surface area contributed by atoms with Crippen LogP contribution in [0.4, 0.5) is 0 Å². The van der Waals surface area contributed by atoms with Crippen LogP contribution < -0.4 is 10.2 Å². The van der Waals surface area contributed by atoms with Gasteiger partial charge in [0.2, 0.25) is 0 Å². The van der Waals surface area contributed by atoms with Crippen molar-refractivity contribution in [3.8, 4) is 21.5 Å². The Morgan fingerprint density at radius 1 is 1.10 bits per heavy atom. The Hall–Kier alpha value is -2.03. The van der Waals surface area contributed by atoms with Gasteiger partial charge in [0, 0.05) is 0 Å². The fraction of sp³-hybridized carbons (Fsp3) is 0.0625. The molecule has 20 heavy (non-hydrogen) atoms. The first-order chi connectivity index (χ1) is 9.69. The zero-order valence-electron chi connectivity index (χ0n) is 10.8. The average molecular weight is 331 g/mol. The van der Waals surface area contributed by atoms with Gasteiger partial charge in [-0.05, 0) is 0 Å². The molecule has 0 fully saturated rings. The van der Waals surface area contributed by atoms with Crippen molar-refractivity contribution in [1.82, 2.24) is 0 Å². The predicted molar refractivity (Wildman–Crippen MR) is 80.8 cm³/mol. The Labute approximate surface area is 121 Å². The fourth-order valence-corrected chi connectivity index (χ4v) is 4.50. The third-order valence-electron chi connectivity index (χ3n) is 3.08. The van der Waals surface area contributed by atoms with Crippen molar-refractivity contribution in [2.75, 3.05) is 7.11 Å². The number of ether oxygens (including phenoxy) is 1. The van der Waals surface area contributed by atoms with Gasteiger partial charge in [0.05, 0.1) is 0 Å². The van der Waals surface area contributed by atoms with Crippen LogP contribution in [0, 0.1) is 0 Å². The standard InChI is InChI=1S/C16H12O3Se/c1-19-11-7-12(17)16-13(18)9-14(20-15(16)8-11)10-5-3-2-4-6-10/h2-9,17H,1H3. The molecule has 3 rings (SSSR count). The van der Waals surface area contributed by atoms with E-state index in [9.17, 15) is 9.90 Å². The van der Waals surface area contributed by atoms with Gasteiger partial charge in [-0.2, -0.15) is 0 Å². The molecular weight excluding hydrogens is 319 g/mol. The summed E-state index contributed by atoms with van der Waals surface area (Å²) >= 11 is -0.0311. The minimum absolute atomic E-state index is 0.00501. The zero-order valence-corrected chi connectivity index (χ0v) is 12.5. The summed E-state index contributed by atoms with van der Waals surface area (Å²) in [6.07, 6.45) is 0. The van der Waals surface area contributed by atoms with E-state index in [0.717, 1.165) is 14.3 Å². The van der Waals surface area contributed by atoms with Crippen LogP contribution in [0.25, 0.3) is 19.6 Å². The van der Waals surface area contributed by atoms with E-state index in [1.165, 1.54) is 6.07 Å². The van der Waals surface area contributed by atoms with Crippen molar-refractivity contribution in [1.29, 1.82) is 0 Å². The van der Waals surface area contributed by atoms with Crippen LogP contribution in [-0.4, -0.2) is 26.7 Å². The first-order valence-corrected chi connectivity index (χ1v) is 7.80. The van der Waals surface area contributed by atoms with Crippen molar-refractivity contribution < 1.29 is 9.84 Å². The molecule has 1 aromatic heterocycles. The van der Waals surface area contributed by atoms with E-state index in [0.29, 0.717) is 11.1 Å². The molecule has 2 aromatic carbocycles. The average Bonchev–Trinajstić information content (AvgIpc) is 2.47. The third kappa shape index (κ3) is 2.24. The normalized spacial score (nSPS) is 10.7. The van der Waals surface area contributed by atoms with Gasteiger partial charge in [-0.3, -0.25) is 0 Å². The van der Waals surface area contributed by atoms with Crippen LogP contribution in [0.5, 0.6) is 11.5 Å². The van der Waals surface area contributed by atoms with E-state index in [-0.39, 0.29) is 25.7 Å². The first kappa shape index (κ1) is 13.0. The molecule has 0 atom stereocenters. The molecule has 0 bridgehead atoms. The SMILES string of the molecule is COc1cc(O)c2c(=O)cc(-c3ccccc3)[se]c2c1. The molecule has 0 amide bonds. The zero-order chi connectivity index (χ0) is 14.1. The molecule has 3 aromatic rings. The number of rotatable bonds is 2. The fourth-order valence-electron chi connectivity index (χ4n) is 2.11. The van der Waals surface area contributed by atoms with Crippen LogP contribution in [0.2, 0.25) is 0 Å². The summed E-state index contributed by atoms with van der Waals surface area (Å²) < 4.78 is 7.04. The summed E-state index contributed by atoms with van der Waals surface area (Å²) in [5, 5.41) is 10.4. The Bertz CT molecular complexity index is 822. The molecule has 0 aliphatic heterocycles. The monoisotopic (exact) mass is 332 g/mol. The second-order valence-electron chi connectivity index (χ2n) is 4.36. The van der Waals surface area contributed by atoms with Crippen molar-refractivity contribution in [3.63, 3.8) is 0 Å². The molecule has 0 aliphatic rings. The summed E-state index contributed by atoms with van der Waals surface area (Å²) in [6, 6.07) is 14.8. The van der Waals surface area contributed by atoms with Gasteiger partial charge >= 0.3 is 121 Å². The van der Waals surface area contributed by atoms with Gasteiger partial charge < -0.3 is 0 Å². The molecule has 3 nitrogen and oxygen atoms in total. The Morgan fingerprint density at radius 2 is 1.85 bits per heavy atom. The second kappa shape index (κ2) is 5.16. The van der Waals surface area contributed by atoms with Crippen molar-refractivity contribution in [2.45, 2.75) is 0 Å². The number of hydrogen-bond acceptors (Lipinski definition) is 3. The number of hydrogen-bond donors (Lipinski definition) is 1. The van der Waals surface area contributed by atoms with Crippen molar-refractivity contribution in [2.24, 2.45) is 0 Å². The van der Waals surface area contributed by atoms with E-state index < -0.39 is 0 Å². The first-order valence-electron chi connectivity index (χ1n) is 6.09. The summed E-state index contributed by atoms with van der Waals surface area (Å²) in [6.45, 7) is 0. The number of methoxy groups -OCH3 is 1. The maximum absolute atomic E-state index is 12.2. The number of aromatic hydroxyl groups is 1. The maximum atomic E-state index is 12.2. The Kier molecular flexibility index (Phi) is 3.35. The molecule has 1 heterocycles. The minimum atomic E-state index is -0.146. The van der Waals surface area contributed by atoms with Gasteiger partial charge in [0.15, 0.2) is 0 Å².